The molecular weight excluding hydrogens is 216 g/mol. The van der Waals surface area contributed by atoms with Gasteiger partial charge in [-0.2, -0.15) is 0 Å². The summed E-state index contributed by atoms with van der Waals surface area (Å²) in [5.74, 6) is 0.310. The van der Waals surface area contributed by atoms with Crippen LogP contribution in [-0.4, -0.2) is 50.0 Å². The molecule has 0 aromatic heterocycles. The number of nitrogens with one attached hydrogen (secondary N) is 1. The van der Waals surface area contributed by atoms with E-state index < -0.39 is 9.84 Å². The topological polar surface area (TPSA) is 66.5 Å². The van der Waals surface area contributed by atoms with Gasteiger partial charge in [-0.05, 0) is 19.3 Å². The Morgan fingerprint density at radius 1 is 1.27 bits per heavy atom. The predicted molar refractivity (Wildman–Crippen MR) is 56.4 cm³/mol. The monoisotopic (exact) mass is 232 g/mol. The lowest BCUT2D eigenvalue weighted by atomic mass is 10.3. The summed E-state index contributed by atoms with van der Waals surface area (Å²) in [7, 11) is -2.90. The predicted octanol–water partition coefficient (Wildman–Crippen LogP) is -0.0211. The lowest BCUT2D eigenvalue weighted by molar-refractivity contribution is 0.205. The quantitative estimate of drug-likeness (QED) is 0.691. The Hall–Kier alpha value is -0.780. The van der Waals surface area contributed by atoms with E-state index in [1.165, 1.54) is 0 Å². The third kappa shape index (κ3) is 2.62. The number of amides is 2. The highest BCUT2D eigenvalue weighted by molar-refractivity contribution is 7.91. The molecule has 0 saturated carbocycles. The van der Waals surface area contributed by atoms with E-state index >= 15 is 0 Å². The van der Waals surface area contributed by atoms with Crippen molar-refractivity contribution in [3.8, 4) is 0 Å². The molecule has 1 atom stereocenters. The molecule has 6 heteroatoms. The highest BCUT2D eigenvalue weighted by Crippen LogP contribution is 2.13. The van der Waals surface area contributed by atoms with Crippen LogP contribution in [-0.2, 0) is 9.84 Å². The van der Waals surface area contributed by atoms with Gasteiger partial charge in [0, 0.05) is 19.1 Å². The molecular formula is C9H16N2O3S. The Balaban J connectivity index is 1.85. The van der Waals surface area contributed by atoms with Crippen LogP contribution in [0.15, 0.2) is 0 Å². The van der Waals surface area contributed by atoms with E-state index in [0.29, 0.717) is 6.42 Å². The van der Waals surface area contributed by atoms with Crippen molar-refractivity contribution < 1.29 is 13.2 Å². The summed E-state index contributed by atoms with van der Waals surface area (Å²) < 4.78 is 22.4. The van der Waals surface area contributed by atoms with Gasteiger partial charge in [-0.25, -0.2) is 13.2 Å². The smallest absolute Gasteiger partial charge is 0.317 e. The highest BCUT2D eigenvalue weighted by Gasteiger charge is 2.30. The van der Waals surface area contributed by atoms with Crippen LogP contribution in [0.5, 0.6) is 0 Å². The van der Waals surface area contributed by atoms with Gasteiger partial charge in [0.05, 0.1) is 11.5 Å². The van der Waals surface area contributed by atoms with Gasteiger partial charge >= 0.3 is 6.03 Å². The van der Waals surface area contributed by atoms with Gasteiger partial charge in [0.25, 0.3) is 0 Å². The maximum atomic E-state index is 11.6. The van der Waals surface area contributed by atoms with E-state index in [-0.39, 0.29) is 23.6 Å². The SMILES string of the molecule is O=C(N[C@H]1CCS(=O)(=O)C1)N1CCCC1. The zero-order valence-corrected chi connectivity index (χ0v) is 9.42. The molecule has 0 radical (unpaired) electrons. The first kappa shape index (κ1) is 10.7. The van der Waals surface area contributed by atoms with Crippen molar-refractivity contribution in [1.29, 1.82) is 0 Å². The van der Waals surface area contributed by atoms with Crippen molar-refractivity contribution in [3.05, 3.63) is 0 Å². The third-order valence-electron chi connectivity index (χ3n) is 2.95. The lowest BCUT2D eigenvalue weighted by Crippen LogP contribution is -2.44. The summed E-state index contributed by atoms with van der Waals surface area (Å²) in [5, 5.41) is 2.78. The summed E-state index contributed by atoms with van der Waals surface area (Å²) in [6.07, 6.45) is 2.66. The van der Waals surface area contributed by atoms with Gasteiger partial charge < -0.3 is 10.2 Å². The molecule has 2 heterocycles. The van der Waals surface area contributed by atoms with Crippen LogP contribution in [0.2, 0.25) is 0 Å². The van der Waals surface area contributed by atoms with Gasteiger partial charge in [-0.3, -0.25) is 0 Å². The standard InChI is InChI=1S/C9H16N2O3S/c12-9(11-4-1-2-5-11)10-8-3-6-15(13,14)7-8/h8H,1-7H2,(H,10,12)/t8-/m0/s1. The van der Waals surface area contributed by atoms with Crippen LogP contribution < -0.4 is 5.32 Å². The Morgan fingerprint density at radius 3 is 2.47 bits per heavy atom. The molecule has 0 aliphatic carbocycles. The van der Waals surface area contributed by atoms with Crippen molar-refractivity contribution in [3.63, 3.8) is 0 Å². The number of sulfone groups is 1. The van der Waals surface area contributed by atoms with Gasteiger partial charge in [-0.1, -0.05) is 0 Å². The van der Waals surface area contributed by atoms with Crippen LogP contribution in [0.25, 0.3) is 0 Å². The molecule has 2 saturated heterocycles. The largest absolute Gasteiger partial charge is 0.334 e. The van der Waals surface area contributed by atoms with Gasteiger partial charge in [-0.15, -0.1) is 0 Å². The van der Waals surface area contributed by atoms with Gasteiger partial charge in [0.15, 0.2) is 9.84 Å². The van der Waals surface area contributed by atoms with E-state index in [1.807, 2.05) is 0 Å². The fraction of sp³-hybridized carbons (Fsp3) is 0.889. The Kier molecular flexibility index (Phi) is 2.86. The number of hydrogen-bond acceptors (Lipinski definition) is 3. The minimum atomic E-state index is -2.90. The Labute approximate surface area is 89.7 Å². The molecule has 0 spiro atoms. The van der Waals surface area contributed by atoms with Gasteiger partial charge in [0.1, 0.15) is 0 Å². The second-order valence-corrected chi connectivity index (χ2v) is 6.47. The summed E-state index contributed by atoms with van der Waals surface area (Å²) in [6.45, 7) is 1.59. The number of hydrogen-bond donors (Lipinski definition) is 1. The van der Waals surface area contributed by atoms with E-state index in [2.05, 4.69) is 5.32 Å². The fourth-order valence-electron chi connectivity index (χ4n) is 2.09. The minimum Gasteiger partial charge on any atom is -0.334 e. The van der Waals surface area contributed by atoms with E-state index in [1.54, 1.807) is 4.90 Å². The normalized spacial score (nSPS) is 29.3. The van der Waals surface area contributed by atoms with Crippen molar-refractivity contribution in [2.24, 2.45) is 0 Å². The molecule has 15 heavy (non-hydrogen) atoms. The third-order valence-corrected chi connectivity index (χ3v) is 4.72. The van der Waals surface area contributed by atoms with E-state index in [4.69, 9.17) is 0 Å². The molecule has 2 amide bonds. The molecule has 0 aromatic carbocycles. The number of likely N-dealkylation sites (tertiary alicyclic amines) is 1. The Morgan fingerprint density at radius 2 is 1.93 bits per heavy atom. The average molecular weight is 232 g/mol. The molecule has 2 rings (SSSR count). The molecule has 86 valence electrons. The molecule has 0 aromatic rings. The Bertz CT molecular complexity index is 346. The van der Waals surface area contributed by atoms with Crippen LogP contribution in [0, 0.1) is 0 Å². The lowest BCUT2D eigenvalue weighted by Gasteiger charge is -2.19. The second kappa shape index (κ2) is 4.00. The number of carbonyl (C=O) groups is 1. The van der Waals surface area contributed by atoms with Crippen molar-refractivity contribution in [1.82, 2.24) is 10.2 Å². The maximum Gasteiger partial charge on any atom is 0.317 e. The summed E-state index contributed by atoms with van der Waals surface area (Å²) in [4.78, 5) is 13.4. The van der Waals surface area contributed by atoms with Crippen molar-refractivity contribution in [2.75, 3.05) is 24.6 Å². The molecule has 2 aliphatic rings. The number of urea groups is 1. The summed E-state index contributed by atoms with van der Waals surface area (Å²) in [6, 6.07) is -0.280. The molecule has 2 fully saturated rings. The van der Waals surface area contributed by atoms with Gasteiger partial charge in [0.2, 0.25) is 0 Å². The first-order valence-corrected chi connectivity index (χ1v) is 7.15. The van der Waals surface area contributed by atoms with Crippen molar-refractivity contribution in [2.45, 2.75) is 25.3 Å². The number of carbonyl (C=O) groups excluding carboxylic acids is 1. The van der Waals surface area contributed by atoms with Crippen LogP contribution in [0.1, 0.15) is 19.3 Å². The molecule has 0 unspecified atom stereocenters. The minimum absolute atomic E-state index is 0.102. The maximum absolute atomic E-state index is 11.6. The molecule has 0 bridgehead atoms. The van der Waals surface area contributed by atoms with E-state index in [9.17, 15) is 13.2 Å². The first-order chi connectivity index (χ1) is 7.07. The number of rotatable bonds is 1. The molecule has 5 nitrogen and oxygen atoms in total. The molecule has 2 aliphatic heterocycles. The number of nitrogens with zero attached hydrogens (tertiary/aromatic N) is 1. The van der Waals surface area contributed by atoms with E-state index in [0.717, 1.165) is 25.9 Å². The van der Waals surface area contributed by atoms with Crippen molar-refractivity contribution >= 4 is 15.9 Å². The molecule has 1 N–H and O–H groups in total. The zero-order chi connectivity index (χ0) is 10.9. The van der Waals surface area contributed by atoms with Crippen LogP contribution in [0.3, 0.4) is 0 Å². The fourth-order valence-corrected chi connectivity index (χ4v) is 3.77. The van der Waals surface area contributed by atoms with Crippen LogP contribution >= 0.6 is 0 Å². The highest BCUT2D eigenvalue weighted by atomic mass is 32.2. The zero-order valence-electron chi connectivity index (χ0n) is 8.61. The first-order valence-electron chi connectivity index (χ1n) is 5.33. The summed E-state index contributed by atoms with van der Waals surface area (Å²) >= 11 is 0. The average Bonchev–Trinajstić information content (AvgIpc) is 2.74. The second-order valence-electron chi connectivity index (χ2n) is 4.24. The van der Waals surface area contributed by atoms with Crippen LogP contribution in [0.4, 0.5) is 4.79 Å². The summed E-state index contributed by atoms with van der Waals surface area (Å²) in [5.41, 5.74) is 0.